The molecule has 3 rings (SSSR count). The minimum atomic E-state index is 0.534. The molecule has 5 nitrogen and oxygen atoms in total. The van der Waals surface area contributed by atoms with Crippen LogP contribution in [-0.2, 0) is 6.42 Å². The van der Waals surface area contributed by atoms with E-state index in [0.717, 1.165) is 19.4 Å². The maximum atomic E-state index is 5.23. The highest BCUT2D eigenvalue weighted by atomic mass is 16.5. The predicted molar refractivity (Wildman–Crippen MR) is 66.0 cm³/mol. The molecule has 0 aliphatic carbocycles. The molecule has 0 amide bonds. The summed E-state index contributed by atoms with van der Waals surface area (Å²) in [6, 6.07) is 4.24. The first kappa shape index (κ1) is 11.5. The lowest BCUT2D eigenvalue weighted by atomic mass is 10.0. The van der Waals surface area contributed by atoms with Crippen molar-refractivity contribution in [1.29, 1.82) is 0 Å². The molecule has 2 aromatic heterocycles. The van der Waals surface area contributed by atoms with Crippen molar-refractivity contribution < 1.29 is 8.94 Å². The number of nitrogens with one attached hydrogen (secondary N) is 1. The summed E-state index contributed by atoms with van der Waals surface area (Å²) in [6.07, 6.45) is 7.35. The zero-order valence-electron chi connectivity index (χ0n) is 10.3. The number of nitrogens with zero attached hydrogens (tertiary/aromatic N) is 2. The monoisotopic (exact) mass is 247 g/mol. The maximum absolute atomic E-state index is 5.23. The van der Waals surface area contributed by atoms with Crippen LogP contribution in [0.3, 0.4) is 0 Å². The summed E-state index contributed by atoms with van der Waals surface area (Å²) in [4.78, 5) is 4.34. The van der Waals surface area contributed by atoms with Gasteiger partial charge in [0.25, 0.3) is 0 Å². The molecule has 1 saturated heterocycles. The van der Waals surface area contributed by atoms with Crippen LogP contribution in [0.15, 0.2) is 27.3 Å². The average molecular weight is 247 g/mol. The Labute approximate surface area is 106 Å². The zero-order valence-corrected chi connectivity index (χ0v) is 10.3. The van der Waals surface area contributed by atoms with E-state index in [1.165, 1.54) is 19.3 Å². The van der Waals surface area contributed by atoms with Crippen LogP contribution in [0.1, 0.15) is 31.6 Å². The standard InChI is InChI=1S/C13H17N3O2/c1-2-8-14-10(4-1)6-7-12-15-13(16-18-12)11-5-3-9-17-11/h3,5,9-10,14H,1-2,4,6-8H2. The number of furan rings is 1. The van der Waals surface area contributed by atoms with Crippen LogP contribution in [0.5, 0.6) is 0 Å². The fourth-order valence-electron chi connectivity index (χ4n) is 2.33. The predicted octanol–water partition coefficient (Wildman–Crippen LogP) is 2.40. The normalized spacial score (nSPS) is 20.1. The molecule has 0 spiro atoms. The van der Waals surface area contributed by atoms with Crippen LogP contribution in [0, 0.1) is 0 Å². The van der Waals surface area contributed by atoms with Gasteiger partial charge in [-0.2, -0.15) is 4.98 Å². The molecule has 96 valence electrons. The summed E-state index contributed by atoms with van der Waals surface area (Å²) in [7, 11) is 0. The fourth-order valence-corrected chi connectivity index (χ4v) is 2.33. The Balaban J connectivity index is 1.57. The van der Waals surface area contributed by atoms with Crippen LogP contribution in [-0.4, -0.2) is 22.7 Å². The lowest BCUT2D eigenvalue weighted by molar-refractivity contribution is 0.342. The average Bonchev–Trinajstić information content (AvgIpc) is 3.08. The lowest BCUT2D eigenvalue weighted by Gasteiger charge is -2.22. The minimum absolute atomic E-state index is 0.534. The molecule has 1 atom stereocenters. The van der Waals surface area contributed by atoms with Crippen molar-refractivity contribution in [3.63, 3.8) is 0 Å². The molecule has 2 aromatic rings. The molecular weight excluding hydrogens is 230 g/mol. The van der Waals surface area contributed by atoms with Gasteiger partial charge in [-0.05, 0) is 37.9 Å². The van der Waals surface area contributed by atoms with Gasteiger partial charge in [-0.15, -0.1) is 0 Å². The molecule has 0 saturated carbocycles. The van der Waals surface area contributed by atoms with Crippen LogP contribution in [0.4, 0.5) is 0 Å². The third-order valence-corrected chi connectivity index (χ3v) is 3.33. The molecule has 1 fully saturated rings. The highest BCUT2D eigenvalue weighted by Crippen LogP contribution is 2.17. The van der Waals surface area contributed by atoms with Crippen molar-refractivity contribution >= 4 is 0 Å². The van der Waals surface area contributed by atoms with Crippen LogP contribution < -0.4 is 5.32 Å². The molecule has 1 aliphatic rings. The highest BCUT2D eigenvalue weighted by Gasteiger charge is 2.15. The Morgan fingerprint density at radius 2 is 2.39 bits per heavy atom. The van der Waals surface area contributed by atoms with E-state index in [9.17, 15) is 0 Å². The van der Waals surface area contributed by atoms with Gasteiger partial charge in [-0.25, -0.2) is 0 Å². The summed E-state index contributed by atoms with van der Waals surface area (Å²) in [6.45, 7) is 1.13. The Kier molecular flexibility index (Phi) is 3.41. The Bertz CT molecular complexity index is 472. The number of hydrogen-bond acceptors (Lipinski definition) is 5. The van der Waals surface area contributed by atoms with Gasteiger partial charge in [0.2, 0.25) is 11.7 Å². The molecule has 0 bridgehead atoms. The first-order chi connectivity index (χ1) is 8.92. The van der Waals surface area contributed by atoms with E-state index in [0.29, 0.717) is 23.5 Å². The number of piperidine rings is 1. The quantitative estimate of drug-likeness (QED) is 0.898. The van der Waals surface area contributed by atoms with E-state index in [1.807, 2.05) is 12.1 Å². The molecule has 0 aromatic carbocycles. The maximum Gasteiger partial charge on any atom is 0.238 e. The molecule has 3 heterocycles. The number of rotatable bonds is 4. The SMILES string of the molecule is c1coc(-c2noc(CCC3CCCCN3)n2)c1. The second-order valence-corrected chi connectivity index (χ2v) is 4.67. The van der Waals surface area contributed by atoms with Crippen molar-refractivity contribution in [2.24, 2.45) is 0 Å². The largest absolute Gasteiger partial charge is 0.461 e. The van der Waals surface area contributed by atoms with Crippen molar-refractivity contribution in [3.8, 4) is 11.6 Å². The van der Waals surface area contributed by atoms with E-state index < -0.39 is 0 Å². The van der Waals surface area contributed by atoms with Gasteiger partial charge < -0.3 is 14.3 Å². The highest BCUT2D eigenvalue weighted by molar-refractivity contribution is 5.44. The first-order valence-electron chi connectivity index (χ1n) is 6.51. The smallest absolute Gasteiger partial charge is 0.238 e. The number of aryl methyl sites for hydroxylation is 1. The lowest BCUT2D eigenvalue weighted by Crippen LogP contribution is -2.34. The zero-order chi connectivity index (χ0) is 12.2. The van der Waals surface area contributed by atoms with Crippen molar-refractivity contribution in [3.05, 3.63) is 24.3 Å². The Hall–Kier alpha value is -1.62. The summed E-state index contributed by atoms with van der Waals surface area (Å²) in [5.41, 5.74) is 0. The first-order valence-corrected chi connectivity index (χ1v) is 6.51. The summed E-state index contributed by atoms with van der Waals surface area (Å²) in [5, 5.41) is 7.44. The Morgan fingerprint density at radius 1 is 1.39 bits per heavy atom. The van der Waals surface area contributed by atoms with Crippen molar-refractivity contribution in [2.75, 3.05) is 6.54 Å². The molecular formula is C13H17N3O2. The summed E-state index contributed by atoms with van der Waals surface area (Å²) < 4.78 is 10.5. The van der Waals surface area contributed by atoms with E-state index in [2.05, 4.69) is 15.5 Å². The van der Waals surface area contributed by atoms with Gasteiger partial charge in [0, 0.05) is 12.5 Å². The van der Waals surface area contributed by atoms with Gasteiger partial charge in [0.1, 0.15) is 0 Å². The second kappa shape index (κ2) is 5.35. The van der Waals surface area contributed by atoms with E-state index in [4.69, 9.17) is 8.94 Å². The summed E-state index contributed by atoms with van der Waals surface area (Å²) in [5.74, 6) is 1.88. The Morgan fingerprint density at radius 3 is 3.17 bits per heavy atom. The molecule has 0 radical (unpaired) electrons. The minimum Gasteiger partial charge on any atom is -0.461 e. The van der Waals surface area contributed by atoms with Gasteiger partial charge in [-0.3, -0.25) is 0 Å². The van der Waals surface area contributed by atoms with Gasteiger partial charge in [-0.1, -0.05) is 11.6 Å². The third kappa shape index (κ3) is 2.61. The van der Waals surface area contributed by atoms with Crippen molar-refractivity contribution in [1.82, 2.24) is 15.5 Å². The van der Waals surface area contributed by atoms with Crippen LogP contribution in [0.2, 0.25) is 0 Å². The number of aromatic nitrogens is 2. The molecule has 18 heavy (non-hydrogen) atoms. The van der Waals surface area contributed by atoms with Gasteiger partial charge >= 0.3 is 0 Å². The second-order valence-electron chi connectivity index (χ2n) is 4.67. The fraction of sp³-hybridized carbons (Fsp3) is 0.538. The summed E-state index contributed by atoms with van der Waals surface area (Å²) >= 11 is 0. The van der Waals surface area contributed by atoms with E-state index in [-0.39, 0.29) is 0 Å². The number of hydrogen-bond donors (Lipinski definition) is 1. The van der Waals surface area contributed by atoms with Gasteiger partial charge in [0.05, 0.1) is 6.26 Å². The van der Waals surface area contributed by atoms with E-state index in [1.54, 1.807) is 6.26 Å². The van der Waals surface area contributed by atoms with E-state index >= 15 is 0 Å². The molecule has 1 aliphatic heterocycles. The van der Waals surface area contributed by atoms with Crippen LogP contribution >= 0.6 is 0 Å². The van der Waals surface area contributed by atoms with Gasteiger partial charge in [0.15, 0.2) is 5.76 Å². The van der Waals surface area contributed by atoms with Crippen LogP contribution in [0.25, 0.3) is 11.6 Å². The topological polar surface area (TPSA) is 64.1 Å². The molecule has 1 N–H and O–H groups in total. The van der Waals surface area contributed by atoms with Crippen molar-refractivity contribution in [2.45, 2.75) is 38.1 Å². The molecule has 5 heteroatoms. The third-order valence-electron chi connectivity index (χ3n) is 3.33. The molecule has 1 unspecified atom stereocenters.